The second kappa shape index (κ2) is 12.8. The van der Waals surface area contributed by atoms with Gasteiger partial charge in [-0.2, -0.15) is 5.10 Å². The van der Waals surface area contributed by atoms with Crippen LogP contribution in [-0.2, 0) is 6.54 Å². The normalized spacial score (nSPS) is 16.2. The monoisotopic (exact) mass is 540 g/mol. The number of hydrogen-bond acceptors (Lipinski definition) is 4. The maximum absolute atomic E-state index is 5.52. The van der Waals surface area contributed by atoms with Crippen LogP contribution in [0.25, 0.3) is 0 Å². The number of aryl methyl sites for hydroxylation is 3. The Hall–Kier alpha value is -1.97. The molecule has 172 valence electrons. The first-order chi connectivity index (χ1) is 14.6. The number of benzene rings is 1. The van der Waals surface area contributed by atoms with E-state index in [1.165, 1.54) is 11.4 Å². The first kappa shape index (κ1) is 25.3. The van der Waals surface area contributed by atoms with Gasteiger partial charge in [-0.3, -0.25) is 9.67 Å². The van der Waals surface area contributed by atoms with Crippen LogP contribution in [0.4, 0.5) is 5.69 Å². The Morgan fingerprint density at radius 2 is 2.06 bits per heavy atom. The highest BCUT2D eigenvalue weighted by Gasteiger charge is 2.24. The third kappa shape index (κ3) is 7.29. The maximum Gasteiger partial charge on any atom is 0.191 e. The molecule has 1 fully saturated rings. The lowest BCUT2D eigenvalue weighted by molar-refractivity contribution is 0.414. The Labute approximate surface area is 203 Å². The van der Waals surface area contributed by atoms with Gasteiger partial charge in [-0.25, -0.2) is 0 Å². The fourth-order valence-corrected chi connectivity index (χ4v) is 3.99. The van der Waals surface area contributed by atoms with Crippen molar-refractivity contribution in [2.24, 2.45) is 10.9 Å². The van der Waals surface area contributed by atoms with Crippen LogP contribution in [0.3, 0.4) is 0 Å². The van der Waals surface area contributed by atoms with E-state index in [9.17, 15) is 0 Å². The van der Waals surface area contributed by atoms with Crippen molar-refractivity contribution in [3.8, 4) is 5.75 Å². The Bertz CT molecular complexity index is 837. The van der Waals surface area contributed by atoms with Crippen molar-refractivity contribution >= 4 is 35.6 Å². The number of ether oxygens (including phenoxy) is 1. The molecule has 0 radical (unpaired) electrons. The third-order valence-electron chi connectivity index (χ3n) is 5.51. The average Bonchev–Trinajstić information content (AvgIpc) is 3.35. The number of methoxy groups -OCH3 is 1. The fraction of sp³-hybridized carbons (Fsp3) is 0.565. The quantitative estimate of drug-likeness (QED) is 0.220. The van der Waals surface area contributed by atoms with Crippen molar-refractivity contribution in [3.05, 3.63) is 41.7 Å². The average molecular weight is 540 g/mol. The molecule has 1 saturated heterocycles. The smallest absolute Gasteiger partial charge is 0.191 e. The second-order valence-corrected chi connectivity index (χ2v) is 7.92. The summed E-state index contributed by atoms with van der Waals surface area (Å²) in [6.45, 7) is 11.8. The van der Waals surface area contributed by atoms with Gasteiger partial charge in [-0.15, -0.1) is 24.0 Å². The maximum atomic E-state index is 5.52. The second-order valence-electron chi connectivity index (χ2n) is 7.92. The van der Waals surface area contributed by atoms with Crippen molar-refractivity contribution in [3.63, 3.8) is 0 Å². The number of nitrogens with zero attached hydrogens (tertiary/aromatic N) is 4. The minimum Gasteiger partial charge on any atom is -0.495 e. The summed E-state index contributed by atoms with van der Waals surface area (Å²) < 4.78 is 7.60. The molecule has 1 aromatic heterocycles. The van der Waals surface area contributed by atoms with Crippen LogP contribution >= 0.6 is 24.0 Å². The molecule has 8 heteroatoms. The molecule has 1 unspecified atom stereocenters. The van der Waals surface area contributed by atoms with Gasteiger partial charge in [-0.05, 0) is 57.7 Å². The number of anilines is 1. The van der Waals surface area contributed by atoms with E-state index in [1.54, 1.807) is 7.11 Å². The summed E-state index contributed by atoms with van der Waals surface area (Å²) >= 11 is 0. The summed E-state index contributed by atoms with van der Waals surface area (Å²) in [4.78, 5) is 7.26. The van der Waals surface area contributed by atoms with Gasteiger partial charge in [0.1, 0.15) is 5.75 Å². The van der Waals surface area contributed by atoms with Crippen LogP contribution in [-0.4, -0.2) is 55.6 Å². The SMILES string of the molecule is CCNC(=NCC1CCN(c2ccccc2OC)C1)NCCCn1nc(C)cc1C.I. The molecule has 0 saturated carbocycles. The summed E-state index contributed by atoms with van der Waals surface area (Å²) in [6, 6.07) is 10.4. The Morgan fingerprint density at radius 3 is 2.77 bits per heavy atom. The lowest BCUT2D eigenvalue weighted by atomic mass is 10.1. The van der Waals surface area contributed by atoms with Gasteiger partial charge in [0, 0.05) is 45.0 Å². The number of guanidine groups is 1. The zero-order valence-corrected chi connectivity index (χ0v) is 21.6. The highest BCUT2D eigenvalue weighted by molar-refractivity contribution is 14.0. The molecule has 1 aliphatic rings. The molecule has 0 amide bonds. The molecular formula is C23H37IN6O. The van der Waals surface area contributed by atoms with E-state index in [-0.39, 0.29) is 24.0 Å². The van der Waals surface area contributed by atoms with Crippen LogP contribution in [0.15, 0.2) is 35.3 Å². The Morgan fingerprint density at radius 1 is 1.26 bits per heavy atom. The molecule has 2 N–H and O–H groups in total. The van der Waals surface area contributed by atoms with Gasteiger partial charge in [0.15, 0.2) is 5.96 Å². The number of para-hydroxylation sites is 2. The van der Waals surface area contributed by atoms with Crippen molar-refractivity contribution in [2.75, 3.05) is 44.7 Å². The summed E-state index contributed by atoms with van der Waals surface area (Å²) in [5, 5.41) is 11.4. The molecule has 2 aromatic rings. The molecule has 1 atom stereocenters. The van der Waals surface area contributed by atoms with Gasteiger partial charge in [-0.1, -0.05) is 12.1 Å². The predicted molar refractivity (Wildman–Crippen MR) is 139 cm³/mol. The van der Waals surface area contributed by atoms with Crippen molar-refractivity contribution in [2.45, 2.75) is 40.2 Å². The Balaban J connectivity index is 0.00000341. The zero-order valence-electron chi connectivity index (χ0n) is 19.2. The molecule has 31 heavy (non-hydrogen) atoms. The number of rotatable bonds is 9. The third-order valence-corrected chi connectivity index (χ3v) is 5.51. The summed E-state index contributed by atoms with van der Waals surface area (Å²) in [7, 11) is 1.74. The van der Waals surface area contributed by atoms with Gasteiger partial charge < -0.3 is 20.3 Å². The van der Waals surface area contributed by atoms with E-state index < -0.39 is 0 Å². The first-order valence-corrected chi connectivity index (χ1v) is 11.0. The van der Waals surface area contributed by atoms with E-state index >= 15 is 0 Å². The van der Waals surface area contributed by atoms with Crippen LogP contribution in [0.2, 0.25) is 0 Å². The van der Waals surface area contributed by atoms with Crippen LogP contribution in [0, 0.1) is 19.8 Å². The van der Waals surface area contributed by atoms with Crippen LogP contribution in [0.1, 0.15) is 31.2 Å². The number of hydrogen-bond donors (Lipinski definition) is 2. The highest BCUT2D eigenvalue weighted by Crippen LogP contribution is 2.31. The molecule has 0 spiro atoms. The number of aromatic nitrogens is 2. The zero-order chi connectivity index (χ0) is 21.3. The highest BCUT2D eigenvalue weighted by atomic mass is 127. The van der Waals surface area contributed by atoms with E-state index in [0.29, 0.717) is 5.92 Å². The lowest BCUT2D eigenvalue weighted by Gasteiger charge is -2.21. The number of aliphatic imine (C=N–C) groups is 1. The standard InChI is InChI=1S/C23H36N6O.HI/c1-5-24-23(25-12-8-13-29-19(3)15-18(2)27-29)26-16-20-11-14-28(17-20)21-9-6-7-10-22(21)30-4;/h6-7,9-10,15,20H,5,8,11-14,16-17H2,1-4H3,(H2,24,25,26);1H. The van der Waals surface area contributed by atoms with Crippen LogP contribution in [0.5, 0.6) is 5.75 Å². The van der Waals surface area contributed by atoms with E-state index in [2.05, 4.69) is 57.4 Å². The predicted octanol–water partition coefficient (Wildman–Crippen LogP) is 3.60. The lowest BCUT2D eigenvalue weighted by Crippen LogP contribution is -2.38. The molecule has 0 bridgehead atoms. The molecule has 3 rings (SSSR count). The van der Waals surface area contributed by atoms with Gasteiger partial charge in [0.05, 0.1) is 18.5 Å². The number of nitrogens with one attached hydrogen (secondary N) is 2. The van der Waals surface area contributed by atoms with Gasteiger partial charge >= 0.3 is 0 Å². The summed E-state index contributed by atoms with van der Waals surface area (Å²) in [5.41, 5.74) is 3.48. The van der Waals surface area contributed by atoms with Crippen LogP contribution < -0.4 is 20.3 Å². The molecule has 7 nitrogen and oxygen atoms in total. The van der Waals surface area contributed by atoms with Gasteiger partial charge in [0.25, 0.3) is 0 Å². The van der Waals surface area contributed by atoms with E-state index in [4.69, 9.17) is 9.73 Å². The molecule has 2 heterocycles. The summed E-state index contributed by atoms with van der Waals surface area (Å²) in [5.74, 6) is 2.40. The van der Waals surface area contributed by atoms with E-state index in [0.717, 1.165) is 69.5 Å². The first-order valence-electron chi connectivity index (χ1n) is 11.0. The van der Waals surface area contributed by atoms with Crippen molar-refractivity contribution < 1.29 is 4.74 Å². The number of halogens is 1. The van der Waals surface area contributed by atoms with Crippen molar-refractivity contribution in [1.29, 1.82) is 0 Å². The molecule has 0 aliphatic carbocycles. The van der Waals surface area contributed by atoms with Gasteiger partial charge in [0.2, 0.25) is 0 Å². The minimum absolute atomic E-state index is 0. The largest absolute Gasteiger partial charge is 0.495 e. The molecular weight excluding hydrogens is 503 g/mol. The molecule has 1 aliphatic heterocycles. The molecule has 1 aromatic carbocycles. The van der Waals surface area contributed by atoms with E-state index in [1.807, 2.05) is 19.1 Å². The minimum atomic E-state index is 0. The van der Waals surface area contributed by atoms with Crippen molar-refractivity contribution in [1.82, 2.24) is 20.4 Å². The topological polar surface area (TPSA) is 66.7 Å². The summed E-state index contributed by atoms with van der Waals surface area (Å²) in [6.07, 6.45) is 2.16. The Kier molecular flexibility index (Phi) is 10.4. The fourth-order valence-electron chi connectivity index (χ4n) is 3.99.